The fourth-order valence-corrected chi connectivity index (χ4v) is 2.60. The predicted octanol–water partition coefficient (Wildman–Crippen LogP) is 3.05. The minimum Gasteiger partial charge on any atom is -0.338 e. The summed E-state index contributed by atoms with van der Waals surface area (Å²) in [6.07, 6.45) is 3.63. The number of hydrogen-bond donors (Lipinski definition) is 1. The molecule has 0 aliphatic rings. The Balaban J connectivity index is 1.62. The van der Waals surface area contributed by atoms with E-state index in [0.29, 0.717) is 5.95 Å². The van der Waals surface area contributed by atoms with Crippen molar-refractivity contribution >= 4 is 17.0 Å². The van der Waals surface area contributed by atoms with Gasteiger partial charge >= 0.3 is 0 Å². The number of anilines is 1. The molecule has 0 saturated heterocycles. The van der Waals surface area contributed by atoms with E-state index in [-0.39, 0.29) is 0 Å². The number of benzene rings is 2. The molecule has 2 heterocycles. The van der Waals surface area contributed by atoms with Gasteiger partial charge in [-0.3, -0.25) is 5.10 Å². The van der Waals surface area contributed by atoms with Gasteiger partial charge in [0.15, 0.2) is 0 Å². The highest BCUT2D eigenvalue weighted by molar-refractivity contribution is 5.81. The monoisotopic (exact) mass is 316 g/mol. The summed E-state index contributed by atoms with van der Waals surface area (Å²) < 4.78 is 0. The fraction of sp³-hybridized carbons (Fsp3) is 0.111. The Morgan fingerprint density at radius 1 is 0.958 bits per heavy atom. The minimum atomic E-state index is 0.613. The second kappa shape index (κ2) is 6.08. The topological polar surface area (TPSA) is 70.6 Å². The summed E-state index contributed by atoms with van der Waals surface area (Å²) in [5.41, 5.74) is 4.86. The Morgan fingerprint density at radius 3 is 2.62 bits per heavy atom. The third kappa shape index (κ3) is 2.81. The number of H-pyrrole nitrogens is 1. The van der Waals surface area contributed by atoms with Crippen LogP contribution in [0.1, 0.15) is 5.56 Å². The molecule has 6 heteroatoms. The number of nitrogens with one attached hydrogen (secondary N) is 1. The van der Waals surface area contributed by atoms with Crippen LogP contribution in [0.2, 0.25) is 0 Å². The lowest BCUT2D eigenvalue weighted by atomic mass is 10.1. The highest BCUT2D eigenvalue weighted by Gasteiger charge is 2.09. The maximum atomic E-state index is 4.62. The summed E-state index contributed by atoms with van der Waals surface area (Å²) in [4.78, 5) is 6.61. The highest BCUT2D eigenvalue weighted by atomic mass is 15.3. The molecular weight excluding hydrogens is 300 g/mol. The van der Waals surface area contributed by atoms with E-state index < -0.39 is 0 Å². The molecule has 0 bridgehead atoms. The van der Waals surface area contributed by atoms with E-state index in [2.05, 4.69) is 37.5 Å². The van der Waals surface area contributed by atoms with Gasteiger partial charge in [0.1, 0.15) is 5.52 Å². The van der Waals surface area contributed by atoms with Crippen LogP contribution < -0.4 is 4.90 Å². The van der Waals surface area contributed by atoms with Gasteiger partial charge in [-0.15, -0.1) is 10.2 Å². The molecule has 0 aliphatic carbocycles. The van der Waals surface area contributed by atoms with Crippen molar-refractivity contribution in [2.75, 3.05) is 11.9 Å². The van der Waals surface area contributed by atoms with Gasteiger partial charge in [0.2, 0.25) is 5.95 Å². The van der Waals surface area contributed by atoms with Crippen LogP contribution in [0.4, 0.5) is 5.95 Å². The number of aromatic nitrogens is 5. The van der Waals surface area contributed by atoms with Crippen LogP contribution in [0.3, 0.4) is 0 Å². The lowest BCUT2D eigenvalue weighted by Gasteiger charge is -2.16. The quantitative estimate of drug-likeness (QED) is 0.626. The number of nitrogens with zero attached hydrogens (tertiary/aromatic N) is 5. The Bertz CT molecular complexity index is 950. The predicted molar refractivity (Wildman–Crippen MR) is 93.5 cm³/mol. The second-order valence-electron chi connectivity index (χ2n) is 5.64. The van der Waals surface area contributed by atoms with Gasteiger partial charge in [0.05, 0.1) is 11.7 Å². The zero-order valence-electron chi connectivity index (χ0n) is 13.2. The van der Waals surface area contributed by atoms with E-state index in [1.807, 2.05) is 54.5 Å². The van der Waals surface area contributed by atoms with Crippen molar-refractivity contribution < 1.29 is 0 Å². The normalized spacial score (nSPS) is 10.9. The van der Waals surface area contributed by atoms with Gasteiger partial charge in [-0.2, -0.15) is 5.10 Å². The number of aromatic amines is 1. The molecule has 2 aromatic heterocycles. The summed E-state index contributed by atoms with van der Waals surface area (Å²) in [6.45, 7) is 0.737. The number of hydrogen-bond acceptors (Lipinski definition) is 5. The maximum absolute atomic E-state index is 4.62. The van der Waals surface area contributed by atoms with Crippen LogP contribution >= 0.6 is 0 Å². The summed E-state index contributed by atoms with van der Waals surface area (Å²) in [6, 6.07) is 16.2. The Kier molecular flexibility index (Phi) is 3.63. The smallest absolute Gasteiger partial charge is 0.245 e. The van der Waals surface area contributed by atoms with Crippen LogP contribution in [-0.4, -0.2) is 32.4 Å². The summed E-state index contributed by atoms with van der Waals surface area (Å²) in [7, 11) is 1.97. The molecule has 4 aromatic rings. The van der Waals surface area contributed by atoms with Crippen molar-refractivity contribution in [2.45, 2.75) is 6.54 Å². The molecule has 0 saturated carbocycles. The first-order valence-electron chi connectivity index (χ1n) is 7.68. The van der Waals surface area contributed by atoms with Crippen LogP contribution in [0.25, 0.3) is 22.2 Å². The lowest BCUT2D eigenvalue weighted by Crippen LogP contribution is -2.19. The van der Waals surface area contributed by atoms with Crippen molar-refractivity contribution in [3.63, 3.8) is 0 Å². The van der Waals surface area contributed by atoms with Crippen molar-refractivity contribution in [2.24, 2.45) is 0 Å². The van der Waals surface area contributed by atoms with E-state index in [1.165, 1.54) is 5.56 Å². The minimum absolute atomic E-state index is 0.613. The summed E-state index contributed by atoms with van der Waals surface area (Å²) in [5, 5.41) is 15.4. The van der Waals surface area contributed by atoms with Crippen LogP contribution in [0.15, 0.2) is 60.9 Å². The number of rotatable bonds is 4. The SMILES string of the molecule is CN(Cc1ccccc1)c1nnc2cc(-c3cn[nH]c3)ccc2n1. The van der Waals surface area contributed by atoms with E-state index in [0.717, 1.165) is 28.7 Å². The first-order chi connectivity index (χ1) is 11.8. The molecule has 118 valence electrons. The molecule has 24 heavy (non-hydrogen) atoms. The molecule has 0 amide bonds. The molecule has 0 spiro atoms. The Hall–Kier alpha value is -3.28. The average molecular weight is 316 g/mol. The Labute approximate surface area is 139 Å². The van der Waals surface area contributed by atoms with E-state index in [1.54, 1.807) is 6.20 Å². The van der Waals surface area contributed by atoms with Crippen LogP contribution in [0, 0.1) is 0 Å². The van der Waals surface area contributed by atoms with E-state index >= 15 is 0 Å². The van der Waals surface area contributed by atoms with Gasteiger partial charge in [0, 0.05) is 25.4 Å². The second-order valence-corrected chi connectivity index (χ2v) is 5.64. The molecule has 0 fully saturated rings. The molecule has 4 rings (SSSR count). The number of fused-ring (bicyclic) bond motifs is 1. The molecule has 0 radical (unpaired) electrons. The molecule has 2 aromatic carbocycles. The molecule has 6 nitrogen and oxygen atoms in total. The van der Waals surface area contributed by atoms with Gasteiger partial charge in [0.25, 0.3) is 0 Å². The zero-order chi connectivity index (χ0) is 16.4. The summed E-state index contributed by atoms with van der Waals surface area (Å²) in [5.74, 6) is 0.613. The summed E-state index contributed by atoms with van der Waals surface area (Å²) >= 11 is 0. The van der Waals surface area contributed by atoms with Crippen molar-refractivity contribution in [1.82, 2.24) is 25.4 Å². The standard InChI is InChI=1S/C18H16N6/c1-24(12-13-5-3-2-4-6-13)18-21-16-8-7-14(9-17(16)22-23-18)15-10-19-20-11-15/h2-11H,12H2,1H3,(H,19,20). The lowest BCUT2D eigenvalue weighted by molar-refractivity contribution is 0.845. The largest absolute Gasteiger partial charge is 0.338 e. The van der Waals surface area contributed by atoms with Gasteiger partial charge in [-0.1, -0.05) is 36.4 Å². The average Bonchev–Trinajstić information content (AvgIpc) is 3.16. The first kappa shape index (κ1) is 14.3. The fourth-order valence-electron chi connectivity index (χ4n) is 2.60. The zero-order valence-corrected chi connectivity index (χ0v) is 13.2. The third-order valence-corrected chi connectivity index (χ3v) is 3.88. The Morgan fingerprint density at radius 2 is 1.83 bits per heavy atom. The highest BCUT2D eigenvalue weighted by Crippen LogP contribution is 2.22. The maximum Gasteiger partial charge on any atom is 0.245 e. The molecule has 0 aliphatic heterocycles. The first-order valence-corrected chi connectivity index (χ1v) is 7.68. The molecular formula is C18H16N6. The van der Waals surface area contributed by atoms with E-state index in [9.17, 15) is 0 Å². The van der Waals surface area contributed by atoms with Crippen LogP contribution in [0.5, 0.6) is 0 Å². The molecule has 0 unspecified atom stereocenters. The van der Waals surface area contributed by atoms with Crippen LogP contribution in [-0.2, 0) is 6.54 Å². The van der Waals surface area contributed by atoms with E-state index in [4.69, 9.17) is 0 Å². The molecule has 1 N–H and O–H groups in total. The van der Waals surface area contributed by atoms with Gasteiger partial charge < -0.3 is 4.90 Å². The molecule has 0 atom stereocenters. The van der Waals surface area contributed by atoms with Crippen molar-refractivity contribution in [3.8, 4) is 11.1 Å². The van der Waals surface area contributed by atoms with Gasteiger partial charge in [-0.05, 0) is 23.3 Å². The van der Waals surface area contributed by atoms with Crippen molar-refractivity contribution in [1.29, 1.82) is 0 Å². The third-order valence-electron chi connectivity index (χ3n) is 3.88. The van der Waals surface area contributed by atoms with Crippen molar-refractivity contribution in [3.05, 3.63) is 66.5 Å². The van der Waals surface area contributed by atoms with Gasteiger partial charge in [-0.25, -0.2) is 4.98 Å².